The number of nitrogens with two attached hydrogens (primary N) is 1. The number of ether oxygens (including phenoxy) is 1. The van der Waals surface area contributed by atoms with E-state index in [1.807, 2.05) is 6.92 Å². The van der Waals surface area contributed by atoms with Crippen molar-refractivity contribution < 1.29 is 9.53 Å². The summed E-state index contributed by atoms with van der Waals surface area (Å²) in [5.41, 5.74) is 7.32. The molecule has 0 saturated heterocycles. The summed E-state index contributed by atoms with van der Waals surface area (Å²) in [4.78, 5) is 15.3. The van der Waals surface area contributed by atoms with Crippen molar-refractivity contribution in [2.24, 2.45) is 5.73 Å². The van der Waals surface area contributed by atoms with Crippen molar-refractivity contribution in [1.82, 2.24) is 4.98 Å². The largest absolute Gasteiger partial charge is 0.464 e. The maximum Gasteiger partial charge on any atom is 0.356 e. The van der Waals surface area contributed by atoms with Crippen LogP contribution in [0.2, 0.25) is 0 Å². The molecule has 5 nitrogen and oxygen atoms in total. The van der Waals surface area contributed by atoms with E-state index >= 15 is 0 Å². The number of hydrogen-bond acceptors (Lipinski definition) is 5. The number of carbonyl (C=O) groups is 1. The van der Waals surface area contributed by atoms with E-state index in [1.54, 1.807) is 12.1 Å². The van der Waals surface area contributed by atoms with Crippen LogP contribution in [0.15, 0.2) is 12.1 Å². The van der Waals surface area contributed by atoms with Crippen LogP contribution in [0.3, 0.4) is 0 Å². The van der Waals surface area contributed by atoms with Gasteiger partial charge in [-0.25, -0.2) is 9.78 Å². The summed E-state index contributed by atoms with van der Waals surface area (Å²) in [6.45, 7) is 3.06. The second-order valence-electron chi connectivity index (χ2n) is 3.04. The minimum Gasteiger partial charge on any atom is -0.464 e. The van der Waals surface area contributed by atoms with Crippen molar-refractivity contribution in [3.63, 3.8) is 0 Å². The van der Waals surface area contributed by atoms with Crippen LogP contribution in [0.25, 0.3) is 0 Å². The molecule has 15 heavy (non-hydrogen) atoms. The Hall–Kier alpha value is -1.62. The lowest BCUT2D eigenvalue weighted by Crippen LogP contribution is -2.14. The van der Waals surface area contributed by atoms with Gasteiger partial charge in [0, 0.05) is 13.1 Å². The van der Waals surface area contributed by atoms with Crippen molar-refractivity contribution in [1.29, 1.82) is 0 Å². The Labute approximate surface area is 88.6 Å². The number of nitrogens with one attached hydrogen (secondary N) is 1. The molecule has 0 aliphatic rings. The van der Waals surface area contributed by atoms with Crippen LogP contribution in [0.1, 0.15) is 16.2 Å². The maximum absolute atomic E-state index is 11.2. The van der Waals surface area contributed by atoms with Crippen LogP contribution >= 0.6 is 0 Å². The number of aryl methyl sites for hydroxylation is 1. The van der Waals surface area contributed by atoms with E-state index < -0.39 is 5.97 Å². The molecule has 1 aromatic heterocycles. The first-order valence-electron chi connectivity index (χ1n) is 4.69. The number of pyridine rings is 1. The molecule has 0 bridgehead atoms. The molecule has 5 heteroatoms. The predicted octanol–water partition coefficient (Wildman–Crippen LogP) is 0.547. The zero-order valence-corrected chi connectivity index (χ0v) is 8.91. The fraction of sp³-hybridized carbons (Fsp3) is 0.400. The summed E-state index contributed by atoms with van der Waals surface area (Å²) < 4.78 is 4.57. The Bertz CT molecular complexity index is 353. The Kier molecular flexibility index (Phi) is 4.05. The topological polar surface area (TPSA) is 77.2 Å². The van der Waals surface area contributed by atoms with E-state index in [0.717, 1.165) is 11.4 Å². The quantitative estimate of drug-likeness (QED) is 0.708. The van der Waals surface area contributed by atoms with E-state index in [2.05, 4.69) is 15.0 Å². The lowest BCUT2D eigenvalue weighted by atomic mass is 10.2. The number of nitrogens with zero attached hydrogens (tertiary/aromatic N) is 1. The van der Waals surface area contributed by atoms with Crippen LogP contribution in [-0.4, -0.2) is 31.2 Å². The monoisotopic (exact) mass is 209 g/mol. The van der Waals surface area contributed by atoms with Crippen LogP contribution in [0.4, 0.5) is 5.69 Å². The molecule has 3 N–H and O–H groups in total. The zero-order chi connectivity index (χ0) is 11.3. The average Bonchev–Trinajstić information content (AvgIpc) is 2.26. The van der Waals surface area contributed by atoms with Gasteiger partial charge in [0.2, 0.25) is 0 Å². The molecule has 82 valence electrons. The number of methoxy groups -OCH3 is 1. The first kappa shape index (κ1) is 11.5. The Morgan fingerprint density at radius 3 is 2.87 bits per heavy atom. The number of hydrogen-bond donors (Lipinski definition) is 2. The minimum absolute atomic E-state index is 0.313. The first-order chi connectivity index (χ1) is 7.19. The van der Waals surface area contributed by atoms with E-state index in [9.17, 15) is 4.79 Å². The Balaban J connectivity index is 2.83. The van der Waals surface area contributed by atoms with Gasteiger partial charge in [-0.05, 0) is 19.1 Å². The molecule has 1 aromatic rings. The molecule has 1 rings (SSSR count). The summed E-state index contributed by atoms with van der Waals surface area (Å²) in [7, 11) is 1.33. The summed E-state index contributed by atoms with van der Waals surface area (Å²) in [6.07, 6.45) is 0. The van der Waals surface area contributed by atoms with Crippen LogP contribution in [0, 0.1) is 6.92 Å². The number of rotatable bonds is 4. The van der Waals surface area contributed by atoms with Gasteiger partial charge in [0.05, 0.1) is 18.5 Å². The molecule has 0 fully saturated rings. The van der Waals surface area contributed by atoms with Crippen molar-refractivity contribution in [2.75, 3.05) is 25.5 Å². The number of anilines is 1. The highest BCUT2D eigenvalue weighted by Gasteiger charge is 2.08. The fourth-order valence-electron chi connectivity index (χ4n) is 1.17. The molecule has 0 aromatic carbocycles. The van der Waals surface area contributed by atoms with Gasteiger partial charge in [-0.15, -0.1) is 0 Å². The molecular formula is C10H15N3O2. The van der Waals surface area contributed by atoms with E-state index in [-0.39, 0.29) is 0 Å². The molecule has 0 aliphatic heterocycles. The normalized spacial score (nSPS) is 9.80. The molecule has 0 saturated carbocycles. The predicted molar refractivity (Wildman–Crippen MR) is 57.9 cm³/mol. The molecule has 0 atom stereocenters. The smallest absolute Gasteiger partial charge is 0.356 e. The van der Waals surface area contributed by atoms with Crippen molar-refractivity contribution >= 4 is 11.7 Å². The van der Waals surface area contributed by atoms with Crippen molar-refractivity contribution in [3.8, 4) is 0 Å². The molecule has 0 aliphatic carbocycles. The fourth-order valence-corrected chi connectivity index (χ4v) is 1.17. The van der Waals surface area contributed by atoms with Gasteiger partial charge in [-0.1, -0.05) is 0 Å². The van der Waals surface area contributed by atoms with Gasteiger partial charge in [0.1, 0.15) is 5.69 Å². The molecular weight excluding hydrogens is 194 g/mol. The maximum atomic E-state index is 11.2. The van der Waals surface area contributed by atoms with Crippen LogP contribution in [-0.2, 0) is 4.74 Å². The SMILES string of the molecule is COC(=O)c1ccc(NCCN)c(C)n1. The van der Waals surface area contributed by atoms with E-state index in [0.29, 0.717) is 18.8 Å². The van der Waals surface area contributed by atoms with Gasteiger partial charge in [-0.3, -0.25) is 0 Å². The standard InChI is InChI=1S/C10H15N3O2/c1-7-8(12-6-5-11)3-4-9(13-7)10(14)15-2/h3-4,12H,5-6,11H2,1-2H3. The summed E-state index contributed by atoms with van der Waals surface area (Å²) in [6, 6.07) is 3.42. The zero-order valence-electron chi connectivity index (χ0n) is 8.91. The number of esters is 1. The van der Waals surface area contributed by atoms with Gasteiger partial charge < -0.3 is 15.8 Å². The van der Waals surface area contributed by atoms with Crippen molar-refractivity contribution in [3.05, 3.63) is 23.5 Å². The van der Waals surface area contributed by atoms with E-state index in [4.69, 9.17) is 5.73 Å². The number of carbonyl (C=O) groups excluding carboxylic acids is 1. The molecule has 0 unspecified atom stereocenters. The average molecular weight is 209 g/mol. The van der Waals surface area contributed by atoms with E-state index in [1.165, 1.54) is 7.11 Å². The Morgan fingerprint density at radius 1 is 1.60 bits per heavy atom. The van der Waals surface area contributed by atoms with Gasteiger partial charge in [0.25, 0.3) is 0 Å². The van der Waals surface area contributed by atoms with Gasteiger partial charge in [-0.2, -0.15) is 0 Å². The lowest BCUT2D eigenvalue weighted by molar-refractivity contribution is 0.0594. The lowest BCUT2D eigenvalue weighted by Gasteiger charge is -2.08. The van der Waals surface area contributed by atoms with Crippen LogP contribution < -0.4 is 11.1 Å². The molecule has 0 spiro atoms. The minimum atomic E-state index is -0.427. The summed E-state index contributed by atoms with van der Waals surface area (Å²) in [5, 5.41) is 3.11. The molecule has 1 heterocycles. The second kappa shape index (κ2) is 5.31. The van der Waals surface area contributed by atoms with Gasteiger partial charge in [0.15, 0.2) is 0 Å². The van der Waals surface area contributed by atoms with Gasteiger partial charge >= 0.3 is 5.97 Å². The summed E-state index contributed by atoms with van der Waals surface area (Å²) in [5.74, 6) is -0.427. The second-order valence-corrected chi connectivity index (χ2v) is 3.04. The van der Waals surface area contributed by atoms with Crippen LogP contribution in [0.5, 0.6) is 0 Å². The third-order valence-electron chi connectivity index (χ3n) is 1.94. The number of aromatic nitrogens is 1. The first-order valence-corrected chi connectivity index (χ1v) is 4.69. The highest BCUT2D eigenvalue weighted by molar-refractivity contribution is 5.87. The molecule has 0 amide bonds. The Morgan fingerprint density at radius 2 is 2.33 bits per heavy atom. The molecule has 0 radical (unpaired) electrons. The third-order valence-corrected chi connectivity index (χ3v) is 1.94. The highest BCUT2D eigenvalue weighted by Crippen LogP contribution is 2.12. The third kappa shape index (κ3) is 2.92. The van der Waals surface area contributed by atoms with Crippen molar-refractivity contribution in [2.45, 2.75) is 6.92 Å². The summed E-state index contributed by atoms with van der Waals surface area (Å²) >= 11 is 0. The highest BCUT2D eigenvalue weighted by atomic mass is 16.5.